The molecule has 0 radical (unpaired) electrons. The van der Waals surface area contributed by atoms with Gasteiger partial charge in [-0.25, -0.2) is 4.79 Å². The summed E-state index contributed by atoms with van der Waals surface area (Å²) in [6, 6.07) is 8.82. The van der Waals surface area contributed by atoms with Crippen LogP contribution in [0.3, 0.4) is 0 Å². The molecule has 0 aliphatic carbocycles. The molecule has 1 aromatic carbocycles. The second-order valence-corrected chi connectivity index (χ2v) is 4.33. The predicted molar refractivity (Wildman–Crippen MR) is 61.4 cm³/mol. The Bertz CT molecular complexity index is 366. The molecule has 92 valence electrons. The van der Waals surface area contributed by atoms with Crippen molar-refractivity contribution in [3.63, 3.8) is 0 Å². The molecule has 0 amide bonds. The maximum Gasteiger partial charge on any atom is 0.338 e. The molecule has 3 atom stereocenters. The lowest BCUT2D eigenvalue weighted by molar-refractivity contribution is -0.115. The van der Waals surface area contributed by atoms with Crippen LogP contribution < -0.4 is 0 Å². The van der Waals surface area contributed by atoms with E-state index in [2.05, 4.69) is 0 Å². The summed E-state index contributed by atoms with van der Waals surface area (Å²) in [4.78, 5) is 11.6. The second kappa shape index (κ2) is 5.29. The Balaban J connectivity index is 1.81. The number of rotatable bonds is 3. The van der Waals surface area contributed by atoms with Gasteiger partial charge in [-0.1, -0.05) is 25.1 Å². The third-order valence-electron chi connectivity index (χ3n) is 2.86. The Morgan fingerprint density at radius 2 is 2.18 bits per heavy atom. The fraction of sp³-hybridized carbons (Fsp3) is 0.462. The van der Waals surface area contributed by atoms with Crippen LogP contribution in [0.5, 0.6) is 0 Å². The molecule has 4 nitrogen and oxygen atoms in total. The van der Waals surface area contributed by atoms with E-state index in [4.69, 9.17) is 9.47 Å². The Morgan fingerprint density at radius 1 is 1.47 bits per heavy atom. The van der Waals surface area contributed by atoms with Crippen molar-refractivity contribution >= 4 is 5.97 Å². The van der Waals surface area contributed by atoms with Crippen molar-refractivity contribution in [2.24, 2.45) is 5.92 Å². The van der Waals surface area contributed by atoms with E-state index in [-0.39, 0.29) is 24.6 Å². The van der Waals surface area contributed by atoms with Gasteiger partial charge in [0.05, 0.1) is 11.7 Å². The summed E-state index contributed by atoms with van der Waals surface area (Å²) in [6.07, 6.45) is -0.230. The molecule has 1 heterocycles. The first-order valence-corrected chi connectivity index (χ1v) is 5.72. The SMILES string of the molecule is CC1CC(COC(=O)c2ccccc2)OC1O. The highest BCUT2D eigenvalue weighted by Crippen LogP contribution is 2.24. The summed E-state index contributed by atoms with van der Waals surface area (Å²) >= 11 is 0. The van der Waals surface area contributed by atoms with Crippen LogP contribution in [0.4, 0.5) is 0 Å². The van der Waals surface area contributed by atoms with Gasteiger partial charge in [-0.3, -0.25) is 0 Å². The quantitative estimate of drug-likeness (QED) is 0.810. The second-order valence-electron chi connectivity index (χ2n) is 4.33. The van der Waals surface area contributed by atoms with Crippen LogP contribution >= 0.6 is 0 Å². The predicted octanol–water partition coefficient (Wildman–Crippen LogP) is 1.59. The maximum atomic E-state index is 11.6. The van der Waals surface area contributed by atoms with Crippen molar-refractivity contribution in [2.45, 2.75) is 25.7 Å². The number of ether oxygens (including phenoxy) is 2. The summed E-state index contributed by atoms with van der Waals surface area (Å²) in [5.41, 5.74) is 0.527. The van der Waals surface area contributed by atoms with E-state index in [1.54, 1.807) is 24.3 Å². The number of carbonyl (C=O) groups is 1. The zero-order chi connectivity index (χ0) is 12.3. The minimum atomic E-state index is -0.740. The van der Waals surface area contributed by atoms with Crippen LogP contribution in [0.1, 0.15) is 23.7 Å². The zero-order valence-electron chi connectivity index (χ0n) is 9.70. The van der Waals surface area contributed by atoms with E-state index >= 15 is 0 Å². The fourth-order valence-electron chi connectivity index (χ4n) is 1.85. The first-order valence-electron chi connectivity index (χ1n) is 5.72. The summed E-state index contributed by atoms with van der Waals surface area (Å²) in [5, 5.41) is 9.39. The Kier molecular flexibility index (Phi) is 3.76. The summed E-state index contributed by atoms with van der Waals surface area (Å²) in [5.74, 6) is -0.265. The molecule has 1 N–H and O–H groups in total. The molecule has 0 saturated carbocycles. The molecule has 2 rings (SSSR count). The molecule has 1 saturated heterocycles. The third kappa shape index (κ3) is 3.05. The lowest BCUT2D eigenvalue weighted by atomic mass is 10.1. The molecule has 17 heavy (non-hydrogen) atoms. The van der Waals surface area contributed by atoms with Crippen molar-refractivity contribution in [3.8, 4) is 0 Å². The molecular weight excluding hydrogens is 220 g/mol. The smallest absolute Gasteiger partial charge is 0.338 e. The molecule has 0 spiro atoms. The molecule has 1 fully saturated rings. The van der Waals surface area contributed by atoms with Crippen molar-refractivity contribution < 1.29 is 19.4 Å². The molecule has 1 aliphatic rings. The highest BCUT2D eigenvalue weighted by Gasteiger charge is 2.31. The van der Waals surface area contributed by atoms with E-state index in [9.17, 15) is 9.90 Å². The molecule has 1 aromatic rings. The Labute approximate surface area is 100 Å². The van der Waals surface area contributed by atoms with E-state index < -0.39 is 6.29 Å². The normalized spacial score (nSPS) is 28.0. The number of benzene rings is 1. The molecule has 0 bridgehead atoms. The topological polar surface area (TPSA) is 55.8 Å². The molecule has 1 aliphatic heterocycles. The van der Waals surface area contributed by atoms with Gasteiger partial charge in [0.25, 0.3) is 0 Å². The van der Waals surface area contributed by atoms with Gasteiger partial charge in [0.1, 0.15) is 6.61 Å². The number of hydrogen-bond donors (Lipinski definition) is 1. The van der Waals surface area contributed by atoms with Gasteiger partial charge < -0.3 is 14.6 Å². The van der Waals surface area contributed by atoms with Gasteiger partial charge in [0.15, 0.2) is 6.29 Å². The van der Waals surface area contributed by atoms with E-state index in [0.29, 0.717) is 12.0 Å². The lowest BCUT2D eigenvalue weighted by Gasteiger charge is -2.10. The number of aliphatic hydroxyl groups is 1. The van der Waals surface area contributed by atoms with Crippen molar-refractivity contribution in [1.82, 2.24) is 0 Å². The highest BCUT2D eigenvalue weighted by molar-refractivity contribution is 5.89. The standard InChI is InChI=1S/C13H16O4/c1-9-7-11(17-12(9)14)8-16-13(15)10-5-3-2-4-6-10/h2-6,9,11-12,14H,7-8H2,1H3. The van der Waals surface area contributed by atoms with Gasteiger partial charge in [0, 0.05) is 5.92 Å². The van der Waals surface area contributed by atoms with Crippen LogP contribution in [0, 0.1) is 5.92 Å². The minimum absolute atomic E-state index is 0.0930. The number of esters is 1. The van der Waals surface area contributed by atoms with Gasteiger partial charge in [-0.15, -0.1) is 0 Å². The van der Waals surface area contributed by atoms with E-state index in [1.165, 1.54) is 0 Å². The first kappa shape index (κ1) is 12.1. The van der Waals surface area contributed by atoms with Crippen LogP contribution in [0.15, 0.2) is 30.3 Å². The van der Waals surface area contributed by atoms with Crippen LogP contribution in [-0.2, 0) is 9.47 Å². The monoisotopic (exact) mass is 236 g/mol. The van der Waals surface area contributed by atoms with Crippen LogP contribution in [-0.4, -0.2) is 30.1 Å². The summed E-state index contributed by atoms with van der Waals surface area (Å²) < 4.78 is 10.4. The van der Waals surface area contributed by atoms with Gasteiger partial charge in [0.2, 0.25) is 0 Å². The minimum Gasteiger partial charge on any atom is -0.459 e. The van der Waals surface area contributed by atoms with E-state index in [0.717, 1.165) is 0 Å². The Morgan fingerprint density at radius 3 is 2.76 bits per heavy atom. The largest absolute Gasteiger partial charge is 0.459 e. The maximum absolute atomic E-state index is 11.6. The van der Waals surface area contributed by atoms with Crippen LogP contribution in [0.2, 0.25) is 0 Å². The highest BCUT2D eigenvalue weighted by atomic mass is 16.6. The van der Waals surface area contributed by atoms with Gasteiger partial charge in [-0.2, -0.15) is 0 Å². The van der Waals surface area contributed by atoms with Gasteiger partial charge in [-0.05, 0) is 18.6 Å². The fourth-order valence-corrected chi connectivity index (χ4v) is 1.85. The first-order chi connectivity index (χ1) is 8.16. The van der Waals surface area contributed by atoms with Crippen molar-refractivity contribution in [1.29, 1.82) is 0 Å². The van der Waals surface area contributed by atoms with Gasteiger partial charge >= 0.3 is 5.97 Å². The molecular formula is C13H16O4. The lowest BCUT2D eigenvalue weighted by Crippen LogP contribution is -2.19. The number of aliphatic hydroxyl groups excluding tert-OH is 1. The molecule has 3 unspecified atom stereocenters. The zero-order valence-corrected chi connectivity index (χ0v) is 9.70. The average molecular weight is 236 g/mol. The van der Waals surface area contributed by atoms with Crippen molar-refractivity contribution in [3.05, 3.63) is 35.9 Å². The molecule has 0 aromatic heterocycles. The third-order valence-corrected chi connectivity index (χ3v) is 2.86. The Hall–Kier alpha value is -1.39. The van der Waals surface area contributed by atoms with Crippen LogP contribution in [0.25, 0.3) is 0 Å². The number of carbonyl (C=O) groups excluding carboxylic acids is 1. The summed E-state index contributed by atoms with van der Waals surface area (Å²) in [6.45, 7) is 2.10. The van der Waals surface area contributed by atoms with E-state index in [1.807, 2.05) is 13.0 Å². The average Bonchev–Trinajstić information content (AvgIpc) is 2.67. The van der Waals surface area contributed by atoms with Crippen molar-refractivity contribution in [2.75, 3.05) is 6.61 Å². The molecule has 4 heteroatoms. The summed E-state index contributed by atoms with van der Waals surface area (Å²) in [7, 11) is 0. The number of hydrogen-bond acceptors (Lipinski definition) is 4.